The molecule has 3 nitrogen and oxygen atoms in total. The van der Waals surface area contributed by atoms with Gasteiger partial charge in [-0.2, -0.15) is 0 Å². The molecule has 0 radical (unpaired) electrons. The molecule has 0 aromatic heterocycles. The molecule has 0 bridgehead atoms. The Labute approximate surface area is 152 Å². The van der Waals surface area contributed by atoms with Crippen LogP contribution in [0.15, 0.2) is 48.5 Å². The number of carbonyl (C=O) groups excluding carboxylic acids is 1. The van der Waals surface area contributed by atoms with Gasteiger partial charge in [-0.3, -0.25) is 4.79 Å². The summed E-state index contributed by atoms with van der Waals surface area (Å²) < 4.78 is 0. The Morgan fingerprint density at radius 1 is 1.04 bits per heavy atom. The van der Waals surface area contributed by atoms with Gasteiger partial charge in [0, 0.05) is 23.6 Å². The van der Waals surface area contributed by atoms with Crippen molar-refractivity contribution in [3.8, 4) is 0 Å². The first-order valence-electron chi connectivity index (χ1n) is 8.04. The molecule has 1 saturated heterocycles. The number of rotatable bonds is 4. The monoisotopic (exact) mass is 362 g/mol. The second-order valence-corrected chi connectivity index (χ2v) is 7.02. The van der Waals surface area contributed by atoms with E-state index in [1.54, 1.807) is 0 Å². The van der Waals surface area contributed by atoms with Crippen molar-refractivity contribution >= 4 is 29.1 Å². The molecular weight excluding hydrogens is 343 g/mol. The zero-order chi connectivity index (χ0) is 17.1. The lowest BCUT2D eigenvalue weighted by atomic mass is 9.96. The van der Waals surface area contributed by atoms with Gasteiger partial charge >= 0.3 is 0 Å². The minimum Gasteiger partial charge on any atom is -0.334 e. The molecule has 1 unspecified atom stereocenters. The van der Waals surface area contributed by atoms with Crippen molar-refractivity contribution in [2.45, 2.75) is 12.5 Å². The molecule has 3 rings (SSSR count). The molecule has 0 spiro atoms. The Kier molecular flexibility index (Phi) is 5.44. The quantitative estimate of drug-likeness (QED) is 0.885. The van der Waals surface area contributed by atoms with E-state index in [0.29, 0.717) is 10.0 Å². The first kappa shape index (κ1) is 17.3. The molecule has 1 aliphatic rings. The standard InChI is InChI=1S/C19H20Cl2N2O/c1-23(19(24)15-10-11-22-12-15)18(13-2-6-16(20)7-3-13)14-4-8-17(21)9-5-14/h2-9,15,18,22H,10-12H2,1H3. The highest BCUT2D eigenvalue weighted by Gasteiger charge is 2.30. The fourth-order valence-corrected chi connectivity index (χ4v) is 3.46. The summed E-state index contributed by atoms with van der Waals surface area (Å²) in [5, 5.41) is 4.62. The van der Waals surface area contributed by atoms with Crippen molar-refractivity contribution in [3.05, 3.63) is 69.7 Å². The minimum atomic E-state index is -0.160. The van der Waals surface area contributed by atoms with Crippen LogP contribution in [0.3, 0.4) is 0 Å². The molecule has 1 heterocycles. The van der Waals surface area contributed by atoms with Crippen molar-refractivity contribution in [2.24, 2.45) is 5.92 Å². The van der Waals surface area contributed by atoms with E-state index in [2.05, 4.69) is 5.32 Å². The molecule has 0 aliphatic carbocycles. The van der Waals surface area contributed by atoms with E-state index in [9.17, 15) is 4.79 Å². The Bertz CT molecular complexity index is 649. The van der Waals surface area contributed by atoms with Gasteiger partial charge in [-0.1, -0.05) is 47.5 Å². The summed E-state index contributed by atoms with van der Waals surface area (Å²) in [6, 6.07) is 15.1. The number of nitrogens with zero attached hydrogens (tertiary/aromatic N) is 1. The lowest BCUT2D eigenvalue weighted by Gasteiger charge is -2.31. The third-order valence-corrected chi connectivity index (χ3v) is 5.02. The maximum Gasteiger partial charge on any atom is 0.227 e. The van der Waals surface area contributed by atoms with E-state index >= 15 is 0 Å². The summed E-state index contributed by atoms with van der Waals surface area (Å²) in [4.78, 5) is 14.7. The molecule has 1 amide bonds. The van der Waals surface area contributed by atoms with Crippen LogP contribution < -0.4 is 5.32 Å². The number of hydrogen-bond acceptors (Lipinski definition) is 2. The van der Waals surface area contributed by atoms with Crippen LogP contribution in [0.1, 0.15) is 23.6 Å². The van der Waals surface area contributed by atoms with Crippen molar-refractivity contribution in [3.63, 3.8) is 0 Å². The normalized spacial score (nSPS) is 17.2. The maximum absolute atomic E-state index is 12.9. The van der Waals surface area contributed by atoms with Gasteiger partial charge in [0.15, 0.2) is 0 Å². The Morgan fingerprint density at radius 3 is 1.96 bits per heavy atom. The number of carbonyl (C=O) groups is 1. The largest absolute Gasteiger partial charge is 0.334 e. The van der Waals surface area contributed by atoms with Gasteiger partial charge in [-0.25, -0.2) is 0 Å². The molecule has 2 aromatic rings. The fourth-order valence-electron chi connectivity index (χ4n) is 3.21. The smallest absolute Gasteiger partial charge is 0.227 e. The molecule has 5 heteroatoms. The number of benzene rings is 2. The molecule has 1 fully saturated rings. The zero-order valence-electron chi connectivity index (χ0n) is 13.5. The van der Waals surface area contributed by atoms with Crippen LogP contribution in [0.4, 0.5) is 0 Å². The maximum atomic E-state index is 12.9. The van der Waals surface area contributed by atoms with Gasteiger partial charge in [-0.15, -0.1) is 0 Å². The van der Waals surface area contributed by atoms with E-state index in [-0.39, 0.29) is 17.9 Å². The Balaban J connectivity index is 1.95. The predicted molar refractivity (Wildman–Crippen MR) is 98.5 cm³/mol. The summed E-state index contributed by atoms with van der Waals surface area (Å²) in [6.45, 7) is 1.65. The third kappa shape index (κ3) is 3.75. The number of hydrogen-bond donors (Lipinski definition) is 1. The Hall–Kier alpha value is -1.55. The van der Waals surface area contributed by atoms with Crippen LogP contribution in [0.2, 0.25) is 10.0 Å². The molecule has 1 atom stereocenters. The first-order valence-corrected chi connectivity index (χ1v) is 8.80. The van der Waals surface area contributed by atoms with Gasteiger partial charge < -0.3 is 10.2 Å². The molecule has 1 N–H and O–H groups in total. The topological polar surface area (TPSA) is 32.3 Å². The lowest BCUT2D eigenvalue weighted by Crippen LogP contribution is -2.37. The van der Waals surface area contributed by atoms with Crippen molar-refractivity contribution in [2.75, 3.05) is 20.1 Å². The average Bonchev–Trinajstić information content (AvgIpc) is 3.12. The summed E-state index contributed by atoms with van der Waals surface area (Å²) in [5.41, 5.74) is 2.06. The van der Waals surface area contributed by atoms with Gasteiger partial charge in [0.2, 0.25) is 5.91 Å². The van der Waals surface area contributed by atoms with Crippen molar-refractivity contribution in [1.29, 1.82) is 0 Å². The number of nitrogens with one attached hydrogen (secondary N) is 1. The van der Waals surface area contributed by atoms with E-state index in [1.165, 1.54) is 0 Å². The van der Waals surface area contributed by atoms with Crippen LogP contribution >= 0.6 is 23.2 Å². The van der Waals surface area contributed by atoms with Crippen molar-refractivity contribution in [1.82, 2.24) is 10.2 Å². The van der Waals surface area contributed by atoms with Crippen LogP contribution in [0.25, 0.3) is 0 Å². The van der Waals surface area contributed by atoms with Gasteiger partial charge in [0.05, 0.1) is 12.0 Å². The van der Waals surface area contributed by atoms with Gasteiger partial charge in [-0.05, 0) is 48.4 Å². The van der Waals surface area contributed by atoms with E-state index in [4.69, 9.17) is 23.2 Å². The number of amides is 1. The van der Waals surface area contributed by atoms with E-state index in [1.807, 2.05) is 60.5 Å². The molecular formula is C19H20Cl2N2O. The first-order chi connectivity index (χ1) is 11.6. The minimum absolute atomic E-state index is 0.0390. The third-order valence-electron chi connectivity index (χ3n) is 4.52. The van der Waals surface area contributed by atoms with Crippen LogP contribution in [-0.4, -0.2) is 30.9 Å². The molecule has 126 valence electrons. The molecule has 24 heavy (non-hydrogen) atoms. The summed E-state index contributed by atoms with van der Waals surface area (Å²) in [6.07, 6.45) is 0.886. The summed E-state index contributed by atoms with van der Waals surface area (Å²) in [5.74, 6) is 0.201. The second-order valence-electron chi connectivity index (χ2n) is 6.14. The van der Waals surface area contributed by atoms with Crippen LogP contribution in [0, 0.1) is 5.92 Å². The number of halogens is 2. The molecule has 2 aromatic carbocycles. The molecule has 1 aliphatic heterocycles. The van der Waals surface area contributed by atoms with Gasteiger partial charge in [0.1, 0.15) is 0 Å². The highest BCUT2D eigenvalue weighted by atomic mass is 35.5. The predicted octanol–water partition coefficient (Wildman–Crippen LogP) is 4.15. The van der Waals surface area contributed by atoms with E-state index < -0.39 is 0 Å². The lowest BCUT2D eigenvalue weighted by molar-refractivity contribution is -0.135. The highest BCUT2D eigenvalue weighted by molar-refractivity contribution is 6.30. The summed E-state index contributed by atoms with van der Waals surface area (Å²) in [7, 11) is 1.87. The average molecular weight is 363 g/mol. The SMILES string of the molecule is CN(C(=O)C1CCNC1)C(c1ccc(Cl)cc1)c1ccc(Cl)cc1. The fraction of sp³-hybridized carbons (Fsp3) is 0.316. The van der Waals surface area contributed by atoms with Crippen LogP contribution in [-0.2, 0) is 4.79 Å². The Morgan fingerprint density at radius 2 is 1.54 bits per heavy atom. The second kappa shape index (κ2) is 7.56. The zero-order valence-corrected chi connectivity index (χ0v) is 15.0. The van der Waals surface area contributed by atoms with Gasteiger partial charge in [0.25, 0.3) is 0 Å². The highest BCUT2D eigenvalue weighted by Crippen LogP contribution is 2.31. The van der Waals surface area contributed by atoms with Crippen molar-refractivity contribution < 1.29 is 4.79 Å². The molecule has 0 saturated carbocycles. The van der Waals surface area contributed by atoms with E-state index in [0.717, 1.165) is 30.6 Å². The summed E-state index contributed by atoms with van der Waals surface area (Å²) >= 11 is 12.0. The van der Waals surface area contributed by atoms with Crippen LogP contribution in [0.5, 0.6) is 0 Å².